The van der Waals surface area contributed by atoms with E-state index in [0.717, 1.165) is 29.3 Å². The largest absolute Gasteiger partial charge is 0.497 e. The van der Waals surface area contributed by atoms with Crippen LogP contribution < -0.4 is 20.1 Å². The van der Waals surface area contributed by atoms with Crippen LogP contribution in [0.1, 0.15) is 11.6 Å². The lowest BCUT2D eigenvalue weighted by atomic mass is 10.1. The summed E-state index contributed by atoms with van der Waals surface area (Å²) in [5.41, 5.74) is 8.46. The van der Waals surface area contributed by atoms with Gasteiger partial charge < -0.3 is 20.1 Å². The van der Waals surface area contributed by atoms with Crippen LogP contribution in [0.5, 0.6) is 11.5 Å². The summed E-state index contributed by atoms with van der Waals surface area (Å²) in [5, 5.41) is 0. The van der Waals surface area contributed by atoms with Crippen LogP contribution in [0.15, 0.2) is 48.5 Å². The SMILES string of the molecule is COc1ccc(N(C)CC(N)c2cccc(OC)c2)cc1. The van der Waals surface area contributed by atoms with Gasteiger partial charge in [-0.3, -0.25) is 0 Å². The second kappa shape index (κ2) is 6.99. The third-order valence-electron chi connectivity index (χ3n) is 3.51. The normalized spacial score (nSPS) is 11.8. The van der Waals surface area contributed by atoms with Gasteiger partial charge >= 0.3 is 0 Å². The highest BCUT2D eigenvalue weighted by atomic mass is 16.5. The molecule has 2 aromatic carbocycles. The van der Waals surface area contributed by atoms with Crippen LogP contribution in [0.25, 0.3) is 0 Å². The van der Waals surface area contributed by atoms with Crippen molar-refractivity contribution in [2.24, 2.45) is 5.73 Å². The van der Waals surface area contributed by atoms with E-state index in [0.29, 0.717) is 0 Å². The minimum Gasteiger partial charge on any atom is -0.497 e. The first kappa shape index (κ1) is 15.2. The lowest BCUT2D eigenvalue weighted by molar-refractivity contribution is 0.413. The summed E-state index contributed by atoms with van der Waals surface area (Å²) >= 11 is 0. The average molecular weight is 286 g/mol. The summed E-state index contributed by atoms with van der Waals surface area (Å²) in [7, 11) is 5.35. The van der Waals surface area contributed by atoms with Gasteiger partial charge in [0.25, 0.3) is 0 Å². The van der Waals surface area contributed by atoms with Crippen molar-refractivity contribution in [3.63, 3.8) is 0 Å². The Hall–Kier alpha value is -2.20. The highest BCUT2D eigenvalue weighted by molar-refractivity contribution is 5.48. The smallest absolute Gasteiger partial charge is 0.119 e. The van der Waals surface area contributed by atoms with E-state index in [-0.39, 0.29) is 6.04 Å². The van der Waals surface area contributed by atoms with Gasteiger partial charge in [0.2, 0.25) is 0 Å². The number of anilines is 1. The molecule has 0 bridgehead atoms. The maximum Gasteiger partial charge on any atom is 0.119 e. The van der Waals surface area contributed by atoms with Crippen molar-refractivity contribution in [2.45, 2.75) is 6.04 Å². The van der Waals surface area contributed by atoms with Crippen molar-refractivity contribution < 1.29 is 9.47 Å². The maximum absolute atomic E-state index is 6.29. The topological polar surface area (TPSA) is 47.7 Å². The van der Waals surface area contributed by atoms with E-state index >= 15 is 0 Å². The summed E-state index contributed by atoms with van der Waals surface area (Å²) < 4.78 is 10.4. The zero-order chi connectivity index (χ0) is 15.2. The molecule has 21 heavy (non-hydrogen) atoms. The number of ether oxygens (including phenoxy) is 2. The fraction of sp³-hybridized carbons (Fsp3) is 0.294. The monoisotopic (exact) mass is 286 g/mol. The molecule has 0 saturated heterocycles. The number of benzene rings is 2. The molecule has 4 nitrogen and oxygen atoms in total. The summed E-state index contributed by atoms with van der Waals surface area (Å²) in [6, 6.07) is 15.7. The van der Waals surface area contributed by atoms with Gasteiger partial charge in [0.05, 0.1) is 14.2 Å². The van der Waals surface area contributed by atoms with Gasteiger partial charge in [-0.25, -0.2) is 0 Å². The predicted octanol–water partition coefficient (Wildman–Crippen LogP) is 2.84. The standard InChI is InChI=1S/C17H22N2O2/c1-19(14-7-9-15(20-2)10-8-14)12-17(18)13-5-4-6-16(11-13)21-3/h4-11,17H,12,18H2,1-3H3. The molecule has 0 saturated carbocycles. The second-order valence-electron chi connectivity index (χ2n) is 4.96. The van der Waals surface area contributed by atoms with Gasteiger partial charge in [-0.15, -0.1) is 0 Å². The molecule has 112 valence electrons. The van der Waals surface area contributed by atoms with E-state index in [1.165, 1.54) is 0 Å². The van der Waals surface area contributed by atoms with Crippen molar-refractivity contribution >= 4 is 5.69 Å². The van der Waals surface area contributed by atoms with Gasteiger partial charge in [-0.2, -0.15) is 0 Å². The van der Waals surface area contributed by atoms with Crippen LogP contribution in [0.2, 0.25) is 0 Å². The Morgan fingerprint density at radius 2 is 1.67 bits per heavy atom. The van der Waals surface area contributed by atoms with E-state index in [9.17, 15) is 0 Å². The number of methoxy groups -OCH3 is 2. The third kappa shape index (κ3) is 3.89. The maximum atomic E-state index is 6.29. The van der Waals surface area contributed by atoms with Crippen LogP contribution in [0, 0.1) is 0 Å². The lowest BCUT2D eigenvalue weighted by Crippen LogP contribution is -2.28. The number of hydrogen-bond donors (Lipinski definition) is 1. The first-order valence-corrected chi connectivity index (χ1v) is 6.88. The lowest BCUT2D eigenvalue weighted by Gasteiger charge is -2.24. The number of likely N-dealkylation sites (N-methyl/N-ethyl adjacent to an activating group) is 1. The molecule has 1 atom stereocenters. The molecule has 0 aliphatic rings. The highest BCUT2D eigenvalue weighted by Gasteiger charge is 2.11. The molecule has 2 rings (SSSR count). The number of nitrogens with two attached hydrogens (primary N) is 1. The van der Waals surface area contributed by atoms with E-state index in [2.05, 4.69) is 4.90 Å². The Morgan fingerprint density at radius 1 is 1.00 bits per heavy atom. The highest BCUT2D eigenvalue weighted by Crippen LogP contribution is 2.22. The molecule has 0 amide bonds. The minimum atomic E-state index is -0.0767. The van der Waals surface area contributed by atoms with Gasteiger partial charge in [0.1, 0.15) is 11.5 Å². The molecule has 0 aliphatic carbocycles. The minimum absolute atomic E-state index is 0.0767. The Bertz CT molecular complexity index is 569. The summed E-state index contributed by atoms with van der Waals surface area (Å²) in [5.74, 6) is 1.68. The Kier molecular flexibility index (Phi) is 5.06. The Balaban J connectivity index is 2.04. The Labute approximate surface area is 126 Å². The van der Waals surface area contributed by atoms with Crippen molar-refractivity contribution in [1.82, 2.24) is 0 Å². The van der Waals surface area contributed by atoms with Crippen LogP contribution >= 0.6 is 0 Å². The first-order chi connectivity index (χ1) is 10.1. The van der Waals surface area contributed by atoms with E-state index in [1.807, 2.05) is 55.6 Å². The molecule has 2 aromatic rings. The summed E-state index contributed by atoms with van der Waals surface area (Å²) in [4.78, 5) is 2.13. The van der Waals surface area contributed by atoms with Crippen molar-refractivity contribution in [2.75, 3.05) is 32.7 Å². The molecule has 0 fully saturated rings. The summed E-state index contributed by atoms with van der Waals surface area (Å²) in [6.45, 7) is 0.722. The van der Waals surface area contributed by atoms with Crippen molar-refractivity contribution in [3.8, 4) is 11.5 Å². The van der Waals surface area contributed by atoms with Gasteiger partial charge in [-0.1, -0.05) is 12.1 Å². The number of nitrogens with zero attached hydrogens (tertiary/aromatic N) is 1. The van der Waals surface area contributed by atoms with Crippen LogP contribution in [-0.2, 0) is 0 Å². The molecule has 0 aliphatic heterocycles. The average Bonchev–Trinajstić information content (AvgIpc) is 2.54. The third-order valence-corrected chi connectivity index (χ3v) is 3.51. The zero-order valence-electron chi connectivity index (χ0n) is 12.7. The van der Waals surface area contributed by atoms with Crippen LogP contribution in [-0.4, -0.2) is 27.8 Å². The van der Waals surface area contributed by atoms with E-state index in [1.54, 1.807) is 14.2 Å². The Morgan fingerprint density at radius 3 is 2.29 bits per heavy atom. The summed E-state index contributed by atoms with van der Waals surface area (Å²) in [6.07, 6.45) is 0. The molecule has 0 aromatic heterocycles. The number of rotatable bonds is 6. The second-order valence-corrected chi connectivity index (χ2v) is 4.96. The van der Waals surface area contributed by atoms with Gasteiger partial charge in [-0.05, 0) is 42.0 Å². The number of hydrogen-bond acceptors (Lipinski definition) is 4. The van der Waals surface area contributed by atoms with Gasteiger partial charge in [0.15, 0.2) is 0 Å². The molecular weight excluding hydrogens is 264 g/mol. The fourth-order valence-electron chi connectivity index (χ4n) is 2.21. The van der Waals surface area contributed by atoms with E-state index in [4.69, 9.17) is 15.2 Å². The van der Waals surface area contributed by atoms with Crippen molar-refractivity contribution in [3.05, 3.63) is 54.1 Å². The first-order valence-electron chi connectivity index (χ1n) is 6.88. The molecule has 0 heterocycles. The van der Waals surface area contributed by atoms with Crippen LogP contribution in [0.3, 0.4) is 0 Å². The predicted molar refractivity (Wildman–Crippen MR) is 86.2 cm³/mol. The molecule has 1 unspecified atom stereocenters. The van der Waals surface area contributed by atoms with E-state index < -0.39 is 0 Å². The van der Waals surface area contributed by atoms with Crippen molar-refractivity contribution in [1.29, 1.82) is 0 Å². The molecule has 4 heteroatoms. The molecule has 0 spiro atoms. The molecule has 2 N–H and O–H groups in total. The zero-order valence-corrected chi connectivity index (χ0v) is 12.7. The van der Waals surface area contributed by atoms with Crippen LogP contribution in [0.4, 0.5) is 5.69 Å². The quantitative estimate of drug-likeness (QED) is 0.887. The molecule has 0 radical (unpaired) electrons. The fourth-order valence-corrected chi connectivity index (χ4v) is 2.21. The molecular formula is C17H22N2O2. The van der Waals surface area contributed by atoms with Gasteiger partial charge in [0, 0.05) is 25.3 Å².